The number of nitriles is 1. The SMILES string of the molecule is CCOC(=O)CC1CCc2c1[nH]c1ccc(-c3noc(-c4ccc(OC5CCCC5)c(C#N)c4)n3)cc21. The van der Waals surface area contributed by atoms with Gasteiger partial charge in [-0.2, -0.15) is 10.2 Å². The van der Waals surface area contributed by atoms with E-state index in [1.807, 2.05) is 31.2 Å². The van der Waals surface area contributed by atoms with Crippen molar-refractivity contribution in [2.45, 2.75) is 63.9 Å². The zero-order chi connectivity index (χ0) is 25.4. The number of ether oxygens (including phenoxy) is 2. The van der Waals surface area contributed by atoms with E-state index in [0.29, 0.717) is 41.6 Å². The van der Waals surface area contributed by atoms with Crippen LogP contribution in [0.15, 0.2) is 40.9 Å². The zero-order valence-electron chi connectivity index (χ0n) is 20.8. The first-order valence-electron chi connectivity index (χ1n) is 13.0. The fourth-order valence-corrected chi connectivity index (χ4v) is 5.61. The van der Waals surface area contributed by atoms with Crippen molar-refractivity contribution in [3.8, 4) is 34.7 Å². The van der Waals surface area contributed by atoms with E-state index >= 15 is 0 Å². The molecule has 6 rings (SSSR count). The molecule has 2 aliphatic rings. The minimum absolute atomic E-state index is 0.150. The highest BCUT2D eigenvalue weighted by Gasteiger charge is 2.29. The molecule has 8 nitrogen and oxygen atoms in total. The second kappa shape index (κ2) is 9.74. The van der Waals surface area contributed by atoms with E-state index < -0.39 is 0 Å². The molecule has 4 aromatic rings. The van der Waals surface area contributed by atoms with E-state index in [1.165, 1.54) is 18.4 Å². The third-order valence-corrected chi connectivity index (χ3v) is 7.44. The first-order valence-corrected chi connectivity index (χ1v) is 13.0. The minimum Gasteiger partial charge on any atom is -0.489 e. The van der Waals surface area contributed by atoms with Crippen molar-refractivity contribution >= 4 is 16.9 Å². The van der Waals surface area contributed by atoms with Crippen LogP contribution in [-0.4, -0.2) is 33.8 Å². The van der Waals surface area contributed by atoms with Crippen LogP contribution >= 0.6 is 0 Å². The normalized spacial score (nSPS) is 17.1. The Balaban J connectivity index is 1.25. The molecule has 2 aromatic carbocycles. The van der Waals surface area contributed by atoms with Crippen molar-refractivity contribution in [2.75, 3.05) is 6.61 Å². The van der Waals surface area contributed by atoms with Gasteiger partial charge < -0.3 is 19.0 Å². The lowest BCUT2D eigenvalue weighted by Crippen LogP contribution is -2.11. The maximum Gasteiger partial charge on any atom is 0.306 e. The summed E-state index contributed by atoms with van der Waals surface area (Å²) in [5, 5.41) is 15.0. The number of esters is 1. The summed E-state index contributed by atoms with van der Waals surface area (Å²) in [6.45, 7) is 2.23. The van der Waals surface area contributed by atoms with Crippen molar-refractivity contribution in [3.05, 3.63) is 53.2 Å². The summed E-state index contributed by atoms with van der Waals surface area (Å²) in [5.41, 5.74) is 5.39. The Morgan fingerprint density at radius 2 is 2.00 bits per heavy atom. The number of carbonyl (C=O) groups is 1. The maximum absolute atomic E-state index is 12.0. The maximum atomic E-state index is 12.0. The Morgan fingerprint density at radius 3 is 2.81 bits per heavy atom. The third kappa shape index (κ3) is 4.46. The van der Waals surface area contributed by atoms with Gasteiger partial charge in [0.15, 0.2) is 0 Å². The topological polar surface area (TPSA) is 114 Å². The lowest BCUT2D eigenvalue weighted by Gasteiger charge is -2.14. The highest BCUT2D eigenvalue weighted by atomic mass is 16.5. The van der Waals surface area contributed by atoms with Gasteiger partial charge in [-0.05, 0) is 87.4 Å². The van der Waals surface area contributed by atoms with Crippen LogP contribution in [0.2, 0.25) is 0 Å². The molecule has 188 valence electrons. The van der Waals surface area contributed by atoms with E-state index in [1.54, 1.807) is 6.07 Å². The summed E-state index contributed by atoms with van der Waals surface area (Å²) in [6.07, 6.45) is 6.80. The molecule has 0 amide bonds. The molecule has 2 aromatic heterocycles. The van der Waals surface area contributed by atoms with Gasteiger partial charge in [-0.25, -0.2) is 0 Å². The molecule has 1 unspecified atom stereocenters. The van der Waals surface area contributed by atoms with Crippen LogP contribution in [-0.2, 0) is 16.0 Å². The van der Waals surface area contributed by atoms with Crippen molar-refractivity contribution in [1.82, 2.24) is 15.1 Å². The Bertz CT molecular complexity index is 1510. The largest absolute Gasteiger partial charge is 0.489 e. The number of H-pyrrole nitrogens is 1. The summed E-state index contributed by atoms with van der Waals surface area (Å²) in [4.78, 5) is 20.2. The molecule has 1 atom stereocenters. The summed E-state index contributed by atoms with van der Waals surface area (Å²) >= 11 is 0. The fraction of sp³-hybridized carbons (Fsp3) is 0.379. The lowest BCUT2D eigenvalue weighted by atomic mass is 10.0. The smallest absolute Gasteiger partial charge is 0.306 e. The molecule has 0 saturated heterocycles. The van der Waals surface area contributed by atoms with Gasteiger partial charge >= 0.3 is 5.97 Å². The molecule has 1 fully saturated rings. The van der Waals surface area contributed by atoms with Crippen LogP contribution in [0.4, 0.5) is 0 Å². The summed E-state index contributed by atoms with van der Waals surface area (Å²) in [7, 11) is 0. The van der Waals surface area contributed by atoms with Gasteiger partial charge in [-0.15, -0.1) is 0 Å². The number of fused-ring (bicyclic) bond motifs is 3. The Labute approximate surface area is 214 Å². The molecule has 2 heterocycles. The number of benzene rings is 2. The Hall–Kier alpha value is -4.12. The molecule has 37 heavy (non-hydrogen) atoms. The van der Waals surface area contributed by atoms with Gasteiger partial charge in [0.2, 0.25) is 5.82 Å². The van der Waals surface area contributed by atoms with Crippen molar-refractivity contribution in [1.29, 1.82) is 5.26 Å². The summed E-state index contributed by atoms with van der Waals surface area (Å²) in [6, 6.07) is 13.7. The van der Waals surface area contributed by atoms with Crippen molar-refractivity contribution < 1.29 is 18.8 Å². The predicted octanol–water partition coefficient (Wildman–Crippen LogP) is 6.06. The van der Waals surface area contributed by atoms with Gasteiger partial charge in [0.1, 0.15) is 11.8 Å². The molecule has 2 aliphatic carbocycles. The second-order valence-corrected chi connectivity index (χ2v) is 9.79. The molecule has 0 spiro atoms. The fourth-order valence-electron chi connectivity index (χ4n) is 5.61. The molecule has 0 bridgehead atoms. The summed E-state index contributed by atoms with van der Waals surface area (Å²) < 4.78 is 16.8. The highest BCUT2D eigenvalue weighted by molar-refractivity contribution is 5.89. The molecule has 1 saturated carbocycles. The molecule has 1 N–H and O–H groups in total. The first-order chi connectivity index (χ1) is 18.1. The molecule has 0 radical (unpaired) electrons. The Kier molecular flexibility index (Phi) is 6.13. The van der Waals surface area contributed by atoms with E-state index in [9.17, 15) is 10.1 Å². The van der Waals surface area contributed by atoms with Gasteiger partial charge in [0.05, 0.1) is 24.7 Å². The molecule has 8 heteroatoms. The van der Waals surface area contributed by atoms with E-state index in [4.69, 9.17) is 14.0 Å². The van der Waals surface area contributed by atoms with Crippen LogP contribution < -0.4 is 4.74 Å². The number of aryl methyl sites for hydroxylation is 1. The third-order valence-electron chi connectivity index (χ3n) is 7.44. The zero-order valence-corrected chi connectivity index (χ0v) is 20.8. The average Bonchev–Trinajstić information content (AvgIpc) is 3.70. The number of hydrogen-bond donors (Lipinski definition) is 1. The van der Waals surface area contributed by atoms with Crippen LogP contribution in [0.3, 0.4) is 0 Å². The standard InChI is InChI=1S/C29H28N4O4/c1-2-35-26(34)15-17-7-10-22-23-14-18(8-11-24(23)31-27(17)22)28-32-29(37-33-28)19-9-12-25(20(13-19)16-30)36-21-5-3-4-6-21/h8-9,11-14,17,21,31H,2-7,10,15H2,1H3. The van der Waals surface area contributed by atoms with Gasteiger partial charge in [0.25, 0.3) is 5.89 Å². The Morgan fingerprint density at radius 1 is 1.16 bits per heavy atom. The molecule has 0 aliphatic heterocycles. The second-order valence-electron chi connectivity index (χ2n) is 9.79. The van der Waals surface area contributed by atoms with E-state index in [-0.39, 0.29) is 18.0 Å². The number of nitrogens with one attached hydrogen (secondary N) is 1. The lowest BCUT2D eigenvalue weighted by molar-refractivity contribution is -0.143. The number of rotatable bonds is 7. The van der Waals surface area contributed by atoms with Crippen LogP contribution in [0.25, 0.3) is 33.7 Å². The van der Waals surface area contributed by atoms with Crippen molar-refractivity contribution in [2.24, 2.45) is 0 Å². The number of carbonyl (C=O) groups excluding carboxylic acids is 1. The molecular formula is C29H28N4O4. The van der Waals surface area contributed by atoms with E-state index in [0.717, 1.165) is 47.8 Å². The number of hydrogen-bond acceptors (Lipinski definition) is 7. The van der Waals surface area contributed by atoms with Crippen LogP contribution in [0.5, 0.6) is 5.75 Å². The quantitative estimate of drug-likeness (QED) is 0.309. The van der Waals surface area contributed by atoms with Crippen LogP contribution in [0, 0.1) is 11.3 Å². The van der Waals surface area contributed by atoms with Gasteiger partial charge in [-0.1, -0.05) is 5.16 Å². The highest BCUT2D eigenvalue weighted by Crippen LogP contribution is 2.40. The number of nitrogens with zero attached hydrogens (tertiary/aromatic N) is 3. The predicted molar refractivity (Wildman–Crippen MR) is 137 cm³/mol. The number of aromatic amines is 1. The van der Waals surface area contributed by atoms with Crippen LogP contribution in [0.1, 0.15) is 68.2 Å². The summed E-state index contributed by atoms with van der Waals surface area (Å²) in [5.74, 6) is 1.43. The minimum atomic E-state index is -0.156. The average molecular weight is 497 g/mol. The van der Waals surface area contributed by atoms with Crippen molar-refractivity contribution in [3.63, 3.8) is 0 Å². The molecular weight excluding hydrogens is 468 g/mol. The number of aromatic nitrogens is 3. The van der Waals surface area contributed by atoms with Gasteiger partial charge in [-0.3, -0.25) is 4.79 Å². The van der Waals surface area contributed by atoms with E-state index in [2.05, 4.69) is 27.3 Å². The monoisotopic (exact) mass is 496 g/mol. The first kappa shape index (κ1) is 23.3. The van der Waals surface area contributed by atoms with Gasteiger partial charge in [0, 0.05) is 33.6 Å².